The molecule has 0 bridgehead atoms. The monoisotopic (exact) mass is 474 g/mol. The lowest BCUT2D eigenvalue weighted by Crippen LogP contribution is -2.04. The molecule has 5 aromatic rings. The Morgan fingerprint density at radius 1 is 1.06 bits per heavy atom. The third-order valence-corrected chi connectivity index (χ3v) is 5.50. The minimum absolute atomic E-state index is 0.228. The first kappa shape index (κ1) is 22.3. The summed E-state index contributed by atoms with van der Waals surface area (Å²) in [5, 5.41) is 15.2. The van der Waals surface area contributed by atoms with Gasteiger partial charge in [0.1, 0.15) is 12.1 Å². The Bertz CT molecular complexity index is 1560. The van der Waals surface area contributed by atoms with Gasteiger partial charge in [0.15, 0.2) is 11.6 Å². The highest BCUT2D eigenvalue weighted by Gasteiger charge is 2.20. The maximum absolute atomic E-state index is 13.2. The van der Waals surface area contributed by atoms with Crippen LogP contribution >= 0.6 is 0 Å². The summed E-state index contributed by atoms with van der Waals surface area (Å²) in [6, 6.07) is 12.7. The molecular weight excluding hydrogens is 454 g/mol. The third-order valence-electron chi connectivity index (χ3n) is 5.50. The molecule has 0 amide bonds. The molecule has 1 aromatic carbocycles. The number of nitrogens with zero attached hydrogens (tertiary/aromatic N) is 7. The third kappa shape index (κ3) is 4.23. The van der Waals surface area contributed by atoms with Gasteiger partial charge in [0.25, 0.3) is 0 Å². The largest absolute Gasteiger partial charge is 0.339 e. The van der Waals surface area contributed by atoms with E-state index < -0.39 is 6.55 Å². The van der Waals surface area contributed by atoms with Gasteiger partial charge in [-0.1, -0.05) is 0 Å². The summed E-state index contributed by atoms with van der Waals surface area (Å²) in [6.45, 7) is 2.08. The molecule has 0 aliphatic rings. The number of benzene rings is 1. The van der Waals surface area contributed by atoms with E-state index in [2.05, 4.69) is 30.6 Å². The van der Waals surface area contributed by atoms with Gasteiger partial charge in [-0.05, 0) is 63.2 Å². The molecule has 0 aliphatic heterocycles. The fourth-order valence-electron chi connectivity index (χ4n) is 3.77. The molecule has 0 saturated carbocycles. The second kappa shape index (κ2) is 8.67. The van der Waals surface area contributed by atoms with Crippen LogP contribution in [0.25, 0.3) is 28.1 Å². The van der Waals surface area contributed by atoms with Crippen molar-refractivity contribution < 1.29 is 13.6 Å². The molecule has 0 unspecified atom stereocenters. The van der Waals surface area contributed by atoms with Crippen LogP contribution in [0.4, 0.5) is 20.3 Å². The predicted octanol–water partition coefficient (Wildman–Crippen LogP) is 5.03. The van der Waals surface area contributed by atoms with E-state index in [0.29, 0.717) is 38.7 Å². The number of fused-ring (bicyclic) bond motifs is 1. The van der Waals surface area contributed by atoms with Crippen molar-refractivity contribution in [3.63, 3.8) is 0 Å². The number of pyridine rings is 1. The number of hydrogen-bond acceptors (Lipinski definition) is 7. The minimum atomic E-state index is -2.79. The number of Topliss-reactive ketones (excluding diaryl/α,β-unsaturated/α-hetero) is 1. The van der Waals surface area contributed by atoms with Gasteiger partial charge in [-0.15, -0.1) is 5.10 Å². The summed E-state index contributed by atoms with van der Waals surface area (Å²) in [4.78, 5) is 21.4. The summed E-state index contributed by atoms with van der Waals surface area (Å²) in [5.74, 6) is 0.871. The number of hydrogen-bond donors (Lipinski definition) is 1. The van der Waals surface area contributed by atoms with E-state index in [1.165, 1.54) is 13.1 Å². The lowest BCUT2D eigenvalue weighted by Gasteiger charge is -2.10. The summed E-state index contributed by atoms with van der Waals surface area (Å²) in [6.07, 6.45) is 2.83. The van der Waals surface area contributed by atoms with Crippen LogP contribution in [-0.2, 0) is 0 Å². The zero-order valence-electron chi connectivity index (χ0n) is 19.1. The van der Waals surface area contributed by atoms with Crippen LogP contribution in [0.2, 0.25) is 0 Å². The Kier molecular flexibility index (Phi) is 5.51. The molecule has 9 nitrogen and oxygen atoms in total. The first-order valence-corrected chi connectivity index (χ1v) is 10.7. The molecule has 0 atom stereocenters. The average molecular weight is 474 g/mol. The standard InChI is InChI=1S/C24H20F2N8O/c1-13-4-8-21(31-30-13)28-16-5-7-20-19(10-16)27-12-33(20)22-9-6-17(15(3)35)23(29-22)18-11-34(24(25)26)32-14(18)2/h4-12,24H,1-3H3,(H,28,31). The van der Waals surface area contributed by atoms with Gasteiger partial charge >= 0.3 is 6.55 Å². The van der Waals surface area contributed by atoms with E-state index in [1.54, 1.807) is 30.0 Å². The molecule has 5 rings (SSSR count). The Labute approximate surface area is 198 Å². The molecule has 35 heavy (non-hydrogen) atoms. The first-order valence-electron chi connectivity index (χ1n) is 10.7. The summed E-state index contributed by atoms with van der Waals surface area (Å²) < 4.78 is 28.7. The second-order valence-electron chi connectivity index (χ2n) is 8.01. The van der Waals surface area contributed by atoms with Crippen LogP contribution in [0, 0.1) is 13.8 Å². The van der Waals surface area contributed by atoms with Crippen molar-refractivity contribution in [2.45, 2.75) is 27.3 Å². The highest BCUT2D eigenvalue weighted by atomic mass is 19.3. The van der Waals surface area contributed by atoms with Crippen molar-refractivity contribution in [3.05, 3.63) is 71.9 Å². The second-order valence-corrected chi connectivity index (χ2v) is 8.01. The zero-order chi connectivity index (χ0) is 24.7. The molecule has 0 radical (unpaired) electrons. The average Bonchev–Trinajstić information content (AvgIpc) is 3.43. The van der Waals surface area contributed by atoms with Crippen LogP contribution in [-0.4, -0.2) is 40.3 Å². The van der Waals surface area contributed by atoms with Crippen molar-refractivity contribution in [2.75, 3.05) is 5.32 Å². The van der Waals surface area contributed by atoms with Crippen molar-refractivity contribution in [1.82, 2.24) is 34.5 Å². The maximum Gasteiger partial charge on any atom is 0.333 e. The Morgan fingerprint density at radius 3 is 2.57 bits per heavy atom. The minimum Gasteiger partial charge on any atom is -0.339 e. The molecule has 1 N–H and O–H groups in total. The highest BCUT2D eigenvalue weighted by molar-refractivity contribution is 6.00. The Morgan fingerprint density at radius 2 is 1.89 bits per heavy atom. The summed E-state index contributed by atoms with van der Waals surface area (Å²) in [7, 11) is 0. The van der Waals surface area contributed by atoms with E-state index in [-0.39, 0.29) is 11.5 Å². The molecule has 4 heterocycles. The van der Waals surface area contributed by atoms with Gasteiger partial charge < -0.3 is 5.32 Å². The molecular formula is C24H20F2N8O. The number of aryl methyl sites for hydroxylation is 2. The maximum atomic E-state index is 13.2. The molecule has 176 valence electrons. The van der Waals surface area contributed by atoms with Crippen LogP contribution < -0.4 is 5.32 Å². The number of nitrogens with one attached hydrogen (secondary N) is 1. The normalized spacial score (nSPS) is 11.4. The van der Waals surface area contributed by atoms with E-state index >= 15 is 0 Å². The van der Waals surface area contributed by atoms with Crippen LogP contribution in [0.5, 0.6) is 0 Å². The number of halogens is 2. The Hall–Kier alpha value is -4.54. The van der Waals surface area contributed by atoms with Crippen molar-refractivity contribution in [1.29, 1.82) is 0 Å². The van der Waals surface area contributed by atoms with Crippen LogP contribution in [0.1, 0.15) is 35.2 Å². The topological polar surface area (TPSA) is 103 Å². The smallest absolute Gasteiger partial charge is 0.333 e. The van der Waals surface area contributed by atoms with Crippen molar-refractivity contribution in [2.24, 2.45) is 0 Å². The van der Waals surface area contributed by atoms with E-state index in [4.69, 9.17) is 0 Å². The molecule has 0 aliphatic carbocycles. The zero-order valence-corrected chi connectivity index (χ0v) is 19.1. The fourth-order valence-corrected chi connectivity index (χ4v) is 3.77. The van der Waals surface area contributed by atoms with Crippen molar-refractivity contribution >= 4 is 28.3 Å². The first-order chi connectivity index (χ1) is 16.8. The lowest BCUT2D eigenvalue weighted by atomic mass is 10.0. The number of aromatic nitrogens is 7. The predicted molar refractivity (Wildman–Crippen MR) is 126 cm³/mol. The van der Waals surface area contributed by atoms with Crippen LogP contribution in [0.15, 0.2) is 55.0 Å². The molecule has 11 heteroatoms. The van der Waals surface area contributed by atoms with Gasteiger partial charge in [-0.2, -0.15) is 19.0 Å². The summed E-state index contributed by atoms with van der Waals surface area (Å²) >= 11 is 0. The van der Waals surface area contributed by atoms with Gasteiger partial charge in [0.2, 0.25) is 0 Å². The molecule has 4 aromatic heterocycles. The number of rotatable bonds is 6. The number of carbonyl (C=O) groups excluding carboxylic acids is 1. The van der Waals surface area contributed by atoms with E-state index in [9.17, 15) is 13.6 Å². The number of alkyl halides is 2. The van der Waals surface area contributed by atoms with Gasteiger partial charge in [0, 0.05) is 23.0 Å². The SMILES string of the molecule is CC(=O)c1ccc(-n2cnc3cc(Nc4ccc(C)nn4)ccc32)nc1-c1cn(C(F)F)nc1C. The number of imidazole rings is 1. The van der Waals surface area contributed by atoms with Gasteiger partial charge in [-0.3, -0.25) is 9.36 Å². The van der Waals surface area contributed by atoms with E-state index in [0.717, 1.165) is 16.9 Å². The summed E-state index contributed by atoms with van der Waals surface area (Å²) in [5.41, 5.74) is 4.42. The molecule has 0 saturated heterocycles. The Balaban J connectivity index is 1.55. The van der Waals surface area contributed by atoms with E-state index in [1.807, 2.05) is 37.3 Å². The number of anilines is 2. The number of carbonyl (C=O) groups is 1. The molecule has 0 fully saturated rings. The molecule has 0 spiro atoms. The fraction of sp³-hybridized carbons (Fsp3) is 0.167. The number of ketones is 1. The van der Waals surface area contributed by atoms with Crippen molar-refractivity contribution in [3.8, 4) is 17.1 Å². The van der Waals surface area contributed by atoms with Gasteiger partial charge in [0.05, 0.1) is 28.1 Å². The lowest BCUT2D eigenvalue weighted by molar-refractivity contribution is 0.0563. The quantitative estimate of drug-likeness (QED) is 0.344. The van der Waals surface area contributed by atoms with Crippen LogP contribution in [0.3, 0.4) is 0 Å². The van der Waals surface area contributed by atoms with Gasteiger partial charge in [-0.25, -0.2) is 14.6 Å². The highest BCUT2D eigenvalue weighted by Crippen LogP contribution is 2.29.